The highest BCUT2D eigenvalue weighted by Gasteiger charge is 2.25. The van der Waals surface area contributed by atoms with Gasteiger partial charge < -0.3 is 11.1 Å². The smallest absolute Gasteiger partial charge is 0.249 e. The van der Waals surface area contributed by atoms with Gasteiger partial charge in [0, 0.05) is 22.8 Å². The van der Waals surface area contributed by atoms with Crippen molar-refractivity contribution in [2.45, 2.75) is 45.2 Å². The molecule has 1 saturated carbocycles. The van der Waals surface area contributed by atoms with E-state index in [1.807, 2.05) is 11.4 Å². The zero-order valence-electron chi connectivity index (χ0n) is 10.2. The molecular formula is C13H20N2OS. The van der Waals surface area contributed by atoms with E-state index in [-0.39, 0.29) is 5.91 Å². The van der Waals surface area contributed by atoms with Crippen molar-refractivity contribution in [1.82, 2.24) is 5.32 Å². The van der Waals surface area contributed by atoms with Crippen molar-refractivity contribution in [2.75, 3.05) is 0 Å². The predicted molar refractivity (Wildman–Crippen MR) is 71.1 cm³/mol. The van der Waals surface area contributed by atoms with Crippen molar-refractivity contribution >= 4 is 17.2 Å². The molecule has 1 aromatic heterocycles. The summed E-state index contributed by atoms with van der Waals surface area (Å²) >= 11 is 1.61. The van der Waals surface area contributed by atoms with Crippen molar-refractivity contribution in [1.29, 1.82) is 0 Å². The van der Waals surface area contributed by atoms with Crippen LogP contribution in [-0.4, -0.2) is 11.9 Å². The Morgan fingerprint density at radius 3 is 3.06 bits per heavy atom. The first-order valence-corrected chi connectivity index (χ1v) is 7.19. The number of primary amides is 1. The molecule has 1 fully saturated rings. The maximum atomic E-state index is 11.0. The number of nitrogens with one attached hydrogen (secondary N) is 1. The number of thiophene rings is 1. The van der Waals surface area contributed by atoms with Gasteiger partial charge in [0.25, 0.3) is 0 Å². The number of nitrogens with two attached hydrogens (primary N) is 1. The quantitative estimate of drug-likeness (QED) is 0.846. The molecule has 3 N–H and O–H groups in total. The van der Waals surface area contributed by atoms with Gasteiger partial charge in [0.1, 0.15) is 0 Å². The van der Waals surface area contributed by atoms with Crippen LogP contribution in [0.3, 0.4) is 0 Å². The third kappa shape index (κ3) is 3.07. The van der Waals surface area contributed by atoms with Gasteiger partial charge in [-0.1, -0.05) is 19.8 Å². The molecule has 1 aromatic rings. The lowest BCUT2D eigenvalue weighted by molar-refractivity contribution is 0.100. The van der Waals surface area contributed by atoms with Crippen LogP contribution in [0.2, 0.25) is 0 Å². The Bertz CT molecular complexity index is 389. The average molecular weight is 252 g/mol. The minimum absolute atomic E-state index is 0.334. The van der Waals surface area contributed by atoms with Crippen molar-refractivity contribution in [3.8, 4) is 0 Å². The summed E-state index contributed by atoms with van der Waals surface area (Å²) in [6.45, 7) is 3.13. The lowest BCUT2D eigenvalue weighted by Crippen LogP contribution is -2.31. The van der Waals surface area contributed by atoms with Gasteiger partial charge in [-0.2, -0.15) is 0 Å². The molecule has 2 rings (SSSR count). The van der Waals surface area contributed by atoms with E-state index in [0.717, 1.165) is 12.5 Å². The van der Waals surface area contributed by atoms with E-state index in [4.69, 9.17) is 5.73 Å². The van der Waals surface area contributed by atoms with Gasteiger partial charge in [-0.3, -0.25) is 4.79 Å². The Hall–Kier alpha value is -0.870. The third-order valence-corrected chi connectivity index (χ3v) is 4.60. The number of carbonyl (C=O) groups excluding carboxylic acids is 1. The molecule has 0 aliphatic heterocycles. The van der Waals surface area contributed by atoms with Gasteiger partial charge in [0.05, 0.1) is 5.56 Å². The number of amides is 1. The Morgan fingerprint density at radius 1 is 1.59 bits per heavy atom. The first-order chi connectivity index (χ1) is 8.20. The second kappa shape index (κ2) is 5.65. The van der Waals surface area contributed by atoms with Crippen LogP contribution < -0.4 is 11.1 Å². The van der Waals surface area contributed by atoms with Crippen molar-refractivity contribution in [2.24, 2.45) is 11.7 Å². The van der Waals surface area contributed by atoms with Crippen LogP contribution in [0.1, 0.15) is 47.8 Å². The lowest BCUT2D eigenvalue weighted by Gasteiger charge is -2.19. The van der Waals surface area contributed by atoms with Crippen LogP contribution in [0.4, 0.5) is 0 Å². The molecule has 3 nitrogen and oxygen atoms in total. The fourth-order valence-corrected chi connectivity index (χ4v) is 3.45. The Kier molecular flexibility index (Phi) is 4.18. The van der Waals surface area contributed by atoms with Crippen LogP contribution in [0.5, 0.6) is 0 Å². The molecule has 2 atom stereocenters. The summed E-state index contributed by atoms with van der Waals surface area (Å²) in [7, 11) is 0. The summed E-state index contributed by atoms with van der Waals surface area (Å²) in [4.78, 5) is 12.2. The van der Waals surface area contributed by atoms with Crippen LogP contribution in [-0.2, 0) is 6.54 Å². The van der Waals surface area contributed by atoms with Crippen molar-refractivity contribution < 1.29 is 4.79 Å². The SMILES string of the molecule is CCC1CCCC1NCc1cc(C(N)=O)cs1. The molecule has 0 aromatic carbocycles. The second-order valence-corrected chi connectivity index (χ2v) is 5.75. The summed E-state index contributed by atoms with van der Waals surface area (Å²) in [5, 5.41) is 5.45. The van der Waals surface area contributed by atoms with E-state index >= 15 is 0 Å². The van der Waals surface area contributed by atoms with Gasteiger partial charge in [0.2, 0.25) is 5.91 Å². The van der Waals surface area contributed by atoms with Gasteiger partial charge in [-0.05, 0) is 24.8 Å². The van der Waals surface area contributed by atoms with Gasteiger partial charge in [0.15, 0.2) is 0 Å². The fourth-order valence-electron chi connectivity index (χ4n) is 2.63. The van der Waals surface area contributed by atoms with E-state index in [0.29, 0.717) is 11.6 Å². The molecule has 1 aliphatic rings. The van der Waals surface area contributed by atoms with E-state index in [1.54, 1.807) is 11.3 Å². The minimum atomic E-state index is -0.334. The molecule has 1 aliphatic carbocycles. The summed E-state index contributed by atoms with van der Waals surface area (Å²) in [6.07, 6.45) is 5.24. The fraction of sp³-hybridized carbons (Fsp3) is 0.615. The molecular weight excluding hydrogens is 232 g/mol. The topological polar surface area (TPSA) is 55.1 Å². The van der Waals surface area contributed by atoms with Crippen LogP contribution in [0.25, 0.3) is 0 Å². The largest absolute Gasteiger partial charge is 0.366 e. The predicted octanol–water partition coefficient (Wildman–Crippen LogP) is 2.52. The molecule has 0 bridgehead atoms. The van der Waals surface area contributed by atoms with E-state index in [2.05, 4.69) is 12.2 Å². The van der Waals surface area contributed by atoms with Gasteiger partial charge >= 0.3 is 0 Å². The average Bonchev–Trinajstić information content (AvgIpc) is 2.95. The second-order valence-electron chi connectivity index (χ2n) is 4.75. The van der Waals surface area contributed by atoms with E-state index in [9.17, 15) is 4.79 Å². The summed E-state index contributed by atoms with van der Waals surface area (Å²) in [5.74, 6) is 0.491. The molecule has 17 heavy (non-hydrogen) atoms. The van der Waals surface area contributed by atoms with Crippen LogP contribution >= 0.6 is 11.3 Å². The molecule has 2 unspecified atom stereocenters. The Balaban J connectivity index is 1.86. The molecule has 4 heteroatoms. The molecule has 1 amide bonds. The minimum Gasteiger partial charge on any atom is -0.366 e. The molecule has 1 heterocycles. The number of hydrogen-bond donors (Lipinski definition) is 2. The highest BCUT2D eigenvalue weighted by atomic mass is 32.1. The summed E-state index contributed by atoms with van der Waals surface area (Å²) < 4.78 is 0. The van der Waals surface area contributed by atoms with Gasteiger partial charge in [-0.25, -0.2) is 0 Å². The number of carbonyl (C=O) groups is 1. The van der Waals surface area contributed by atoms with Crippen LogP contribution in [0.15, 0.2) is 11.4 Å². The highest BCUT2D eigenvalue weighted by Crippen LogP contribution is 2.28. The third-order valence-electron chi connectivity index (χ3n) is 3.66. The summed E-state index contributed by atoms with van der Waals surface area (Å²) in [6, 6.07) is 2.55. The van der Waals surface area contributed by atoms with Gasteiger partial charge in [-0.15, -0.1) is 11.3 Å². The number of rotatable bonds is 5. The molecule has 0 saturated heterocycles. The zero-order valence-corrected chi connectivity index (χ0v) is 11.1. The van der Waals surface area contributed by atoms with Crippen molar-refractivity contribution in [3.63, 3.8) is 0 Å². The maximum absolute atomic E-state index is 11.0. The highest BCUT2D eigenvalue weighted by molar-refractivity contribution is 7.10. The first kappa shape index (κ1) is 12.6. The zero-order chi connectivity index (χ0) is 12.3. The van der Waals surface area contributed by atoms with E-state index in [1.165, 1.54) is 30.6 Å². The standard InChI is InChI=1S/C13H20N2OS/c1-2-9-4-3-5-12(9)15-7-11-6-10(8-17-11)13(14)16/h6,8-9,12,15H,2-5,7H2,1H3,(H2,14,16). The molecule has 0 spiro atoms. The Morgan fingerprint density at radius 2 is 2.41 bits per heavy atom. The summed E-state index contributed by atoms with van der Waals surface area (Å²) in [5.41, 5.74) is 5.87. The molecule has 0 radical (unpaired) electrons. The first-order valence-electron chi connectivity index (χ1n) is 6.31. The number of hydrogen-bond acceptors (Lipinski definition) is 3. The molecule has 94 valence electrons. The van der Waals surface area contributed by atoms with Crippen LogP contribution in [0, 0.1) is 5.92 Å². The Labute approximate surface area is 106 Å². The lowest BCUT2D eigenvalue weighted by atomic mass is 10.0. The maximum Gasteiger partial charge on any atom is 0.249 e. The van der Waals surface area contributed by atoms with Crippen molar-refractivity contribution in [3.05, 3.63) is 21.9 Å². The monoisotopic (exact) mass is 252 g/mol. The van der Waals surface area contributed by atoms with E-state index < -0.39 is 0 Å². The normalized spacial score (nSPS) is 24.1.